The van der Waals surface area contributed by atoms with Gasteiger partial charge in [0.2, 0.25) is 0 Å². The lowest BCUT2D eigenvalue weighted by molar-refractivity contribution is 0.0956. The van der Waals surface area contributed by atoms with Crippen LogP contribution in [-0.2, 0) is 6.54 Å². The van der Waals surface area contributed by atoms with Crippen LogP contribution >= 0.6 is 27.3 Å². The van der Waals surface area contributed by atoms with Gasteiger partial charge in [0.15, 0.2) is 0 Å². The molecule has 0 saturated heterocycles. The number of aromatic nitrogens is 2. The van der Waals surface area contributed by atoms with E-state index in [0.717, 1.165) is 28.0 Å². The van der Waals surface area contributed by atoms with E-state index in [9.17, 15) is 4.79 Å². The second kappa shape index (κ2) is 6.15. The number of carbonyl (C=O) groups is 1. The molecule has 4 nitrogen and oxygen atoms in total. The quantitative estimate of drug-likeness (QED) is 0.858. The van der Waals surface area contributed by atoms with Gasteiger partial charge in [-0.1, -0.05) is 0 Å². The third-order valence-corrected chi connectivity index (χ3v) is 4.24. The fourth-order valence-corrected chi connectivity index (χ4v) is 2.93. The molecule has 1 amide bonds. The van der Waals surface area contributed by atoms with Crippen molar-refractivity contribution in [2.45, 2.75) is 19.9 Å². The molecule has 0 bridgehead atoms. The standard InChI is InChI=1S/C12H14BrN3OS/c1-9-3-5-15-16(9)6-2-4-14-12(17)11-7-10(13)8-18-11/h3,5,7-8H,2,4,6H2,1H3,(H,14,17). The molecule has 0 fully saturated rings. The minimum atomic E-state index is -0.0112. The second-order valence-electron chi connectivity index (χ2n) is 3.93. The Balaban J connectivity index is 1.73. The maximum absolute atomic E-state index is 11.7. The normalized spacial score (nSPS) is 10.6. The van der Waals surface area contributed by atoms with Gasteiger partial charge in [0, 0.05) is 34.8 Å². The van der Waals surface area contributed by atoms with Gasteiger partial charge in [-0.15, -0.1) is 11.3 Å². The average molecular weight is 328 g/mol. The van der Waals surface area contributed by atoms with Crippen molar-refractivity contribution >= 4 is 33.2 Å². The summed E-state index contributed by atoms with van der Waals surface area (Å²) in [6.07, 6.45) is 2.66. The predicted molar refractivity (Wildman–Crippen MR) is 75.9 cm³/mol. The van der Waals surface area contributed by atoms with Crippen molar-refractivity contribution < 1.29 is 4.79 Å². The topological polar surface area (TPSA) is 46.9 Å². The smallest absolute Gasteiger partial charge is 0.261 e. The molecule has 6 heteroatoms. The molecule has 0 spiro atoms. The molecule has 1 N–H and O–H groups in total. The fourth-order valence-electron chi connectivity index (χ4n) is 1.58. The number of hydrogen-bond donors (Lipinski definition) is 1. The molecule has 0 aliphatic rings. The van der Waals surface area contributed by atoms with Crippen molar-refractivity contribution in [2.24, 2.45) is 0 Å². The molecule has 2 aromatic heterocycles. The fraction of sp³-hybridized carbons (Fsp3) is 0.333. The lowest BCUT2D eigenvalue weighted by Gasteiger charge is -2.05. The molecule has 0 radical (unpaired) electrons. The maximum atomic E-state index is 11.7. The number of amides is 1. The molecule has 2 heterocycles. The molecule has 0 saturated carbocycles. The number of hydrogen-bond acceptors (Lipinski definition) is 3. The average Bonchev–Trinajstić information content (AvgIpc) is 2.94. The van der Waals surface area contributed by atoms with E-state index in [2.05, 4.69) is 26.3 Å². The Hall–Kier alpha value is -1.14. The molecule has 0 aromatic carbocycles. The zero-order chi connectivity index (χ0) is 13.0. The lowest BCUT2D eigenvalue weighted by atomic mass is 10.4. The summed E-state index contributed by atoms with van der Waals surface area (Å²) in [6, 6.07) is 3.80. The zero-order valence-corrected chi connectivity index (χ0v) is 12.4. The summed E-state index contributed by atoms with van der Waals surface area (Å²) in [7, 11) is 0. The van der Waals surface area contributed by atoms with Gasteiger partial charge >= 0.3 is 0 Å². The minimum absolute atomic E-state index is 0.0112. The number of nitrogens with one attached hydrogen (secondary N) is 1. The van der Waals surface area contributed by atoms with E-state index < -0.39 is 0 Å². The summed E-state index contributed by atoms with van der Waals surface area (Å²) in [5, 5.41) is 9.00. The van der Waals surface area contributed by atoms with Gasteiger partial charge < -0.3 is 5.32 Å². The van der Waals surface area contributed by atoms with Gasteiger partial charge in [-0.05, 0) is 41.4 Å². The zero-order valence-electron chi connectivity index (χ0n) is 10.0. The van der Waals surface area contributed by atoms with Gasteiger partial charge in [0.1, 0.15) is 0 Å². The third kappa shape index (κ3) is 3.43. The van der Waals surface area contributed by atoms with Crippen LogP contribution in [0.3, 0.4) is 0 Å². The Labute approximate surface area is 118 Å². The SMILES string of the molecule is Cc1ccnn1CCCNC(=O)c1cc(Br)cs1. The van der Waals surface area contributed by atoms with Crippen LogP contribution in [0.4, 0.5) is 0 Å². The number of rotatable bonds is 5. The highest BCUT2D eigenvalue weighted by atomic mass is 79.9. The van der Waals surface area contributed by atoms with Crippen LogP contribution in [-0.4, -0.2) is 22.2 Å². The molecule has 2 aromatic rings. The van der Waals surface area contributed by atoms with Crippen LogP contribution in [0.15, 0.2) is 28.2 Å². The van der Waals surface area contributed by atoms with E-state index in [1.807, 2.05) is 29.1 Å². The Morgan fingerprint density at radius 3 is 3.06 bits per heavy atom. The molecule has 96 valence electrons. The Kier molecular flexibility index (Phi) is 4.54. The highest BCUT2D eigenvalue weighted by Gasteiger charge is 2.07. The maximum Gasteiger partial charge on any atom is 0.261 e. The van der Waals surface area contributed by atoms with Crippen molar-refractivity contribution in [2.75, 3.05) is 6.54 Å². The molecule has 2 rings (SSSR count). The summed E-state index contributed by atoms with van der Waals surface area (Å²) < 4.78 is 2.89. The number of thiophene rings is 1. The summed E-state index contributed by atoms with van der Waals surface area (Å²) in [6.45, 7) is 3.51. The minimum Gasteiger partial charge on any atom is -0.351 e. The van der Waals surface area contributed by atoms with Gasteiger partial charge in [0.25, 0.3) is 5.91 Å². The number of nitrogens with zero attached hydrogens (tertiary/aromatic N) is 2. The summed E-state index contributed by atoms with van der Waals surface area (Å²) in [4.78, 5) is 12.5. The van der Waals surface area contributed by atoms with Crippen LogP contribution in [0.1, 0.15) is 21.8 Å². The second-order valence-corrected chi connectivity index (χ2v) is 5.76. The first-order chi connectivity index (χ1) is 8.66. The van der Waals surface area contributed by atoms with E-state index in [4.69, 9.17) is 0 Å². The van der Waals surface area contributed by atoms with E-state index in [-0.39, 0.29) is 5.91 Å². The number of aryl methyl sites for hydroxylation is 2. The van der Waals surface area contributed by atoms with Crippen molar-refractivity contribution in [1.82, 2.24) is 15.1 Å². The number of halogens is 1. The van der Waals surface area contributed by atoms with Gasteiger partial charge in [-0.25, -0.2) is 0 Å². The van der Waals surface area contributed by atoms with Gasteiger partial charge in [-0.3, -0.25) is 9.48 Å². The summed E-state index contributed by atoms with van der Waals surface area (Å²) >= 11 is 4.77. The summed E-state index contributed by atoms with van der Waals surface area (Å²) in [5.41, 5.74) is 1.14. The molecule has 18 heavy (non-hydrogen) atoms. The van der Waals surface area contributed by atoms with Crippen molar-refractivity contribution in [3.63, 3.8) is 0 Å². The van der Waals surface area contributed by atoms with Crippen LogP contribution in [0.2, 0.25) is 0 Å². The monoisotopic (exact) mass is 327 g/mol. The van der Waals surface area contributed by atoms with E-state index in [0.29, 0.717) is 6.54 Å². The lowest BCUT2D eigenvalue weighted by Crippen LogP contribution is -2.24. The molecule has 0 unspecified atom stereocenters. The molecule has 0 aliphatic heterocycles. The predicted octanol–water partition coefficient (Wildman–Crippen LogP) is 2.84. The third-order valence-electron chi connectivity index (χ3n) is 2.55. The van der Waals surface area contributed by atoms with Crippen molar-refractivity contribution in [3.8, 4) is 0 Å². The van der Waals surface area contributed by atoms with Gasteiger partial charge in [-0.2, -0.15) is 5.10 Å². The Bertz CT molecular complexity index is 535. The first-order valence-electron chi connectivity index (χ1n) is 5.67. The van der Waals surface area contributed by atoms with Crippen LogP contribution in [0.25, 0.3) is 0 Å². The highest BCUT2D eigenvalue weighted by molar-refractivity contribution is 9.10. The first-order valence-corrected chi connectivity index (χ1v) is 7.35. The first kappa shape index (κ1) is 13.3. The van der Waals surface area contributed by atoms with E-state index in [1.165, 1.54) is 11.3 Å². The molecule has 0 atom stereocenters. The van der Waals surface area contributed by atoms with Crippen LogP contribution in [0, 0.1) is 6.92 Å². The van der Waals surface area contributed by atoms with Crippen LogP contribution in [0.5, 0.6) is 0 Å². The number of carbonyl (C=O) groups excluding carboxylic acids is 1. The Morgan fingerprint density at radius 2 is 2.44 bits per heavy atom. The van der Waals surface area contributed by atoms with Gasteiger partial charge in [0.05, 0.1) is 4.88 Å². The molecule has 0 aliphatic carbocycles. The van der Waals surface area contributed by atoms with E-state index in [1.54, 1.807) is 6.20 Å². The Morgan fingerprint density at radius 1 is 1.61 bits per heavy atom. The highest BCUT2D eigenvalue weighted by Crippen LogP contribution is 2.19. The van der Waals surface area contributed by atoms with Crippen molar-refractivity contribution in [3.05, 3.63) is 38.8 Å². The summed E-state index contributed by atoms with van der Waals surface area (Å²) in [5.74, 6) is -0.0112. The van der Waals surface area contributed by atoms with Crippen LogP contribution < -0.4 is 5.32 Å². The molecular weight excluding hydrogens is 314 g/mol. The van der Waals surface area contributed by atoms with Crippen molar-refractivity contribution in [1.29, 1.82) is 0 Å². The van der Waals surface area contributed by atoms with E-state index >= 15 is 0 Å². The largest absolute Gasteiger partial charge is 0.351 e. The molecular formula is C12H14BrN3OS.